The van der Waals surface area contributed by atoms with Crippen molar-refractivity contribution in [2.45, 2.75) is 33.7 Å². The molecule has 18 heavy (non-hydrogen) atoms. The van der Waals surface area contributed by atoms with Gasteiger partial charge in [-0.1, -0.05) is 36.4 Å². The van der Waals surface area contributed by atoms with E-state index in [-0.39, 0.29) is 0 Å². The van der Waals surface area contributed by atoms with E-state index in [1.165, 1.54) is 22.5 Å². The lowest BCUT2D eigenvalue weighted by Gasteiger charge is -2.31. The Morgan fingerprint density at radius 1 is 0.722 bits per heavy atom. The van der Waals surface area contributed by atoms with E-state index < -0.39 is 0 Å². The molecular formula is C17H21N. The van der Waals surface area contributed by atoms with E-state index in [2.05, 4.69) is 81.1 Å². The van der Waals surface area contributed by atoms with E-state index in [0.717, 1.165) is 0 Å². The second-order valence-corrected chi connectivity index (χ2v) is 5.04. The van der Waals surface area contributed by atoms with Gasteiger partial charge in [-0.3, -0.25) is 0 Å². The maximum atomic E-state index is 2.41. The third-order valence-electron chi connectivity index (χ3n) is 3.27. The summed E-state index contributed by atoms with van der Waals surface area (Å²) in [6, 6.07) is 17.6. The molecule has 0 bridgehead atoms. The first-order chi connectivity index (χ1) is 8.61. The Morgan fingerprint density at radius 3 is 1.44 bits per heavy atom. The van der Waals surface area contributed by atoms with Gasteiger partial charge >= 0.3 is 0 Å². The Bertz CT molecular complexity index is 483. The molecule has 0 atom stereocenters. The summed E-state index contributed by atoms with van der Waals surface area (Å²) in [6.07, 6.45) is 0. The zero-order chi connectivity index (χ0) is 13.1. The number of rotatable bonds is 3. The predicted octanol–water partition coefficient (Wildman–Crippen LogP) is 4.85. The minimum Gasteiger partial charge on any atom is -0.338 e. The molecule has 2 rings (SSSR count). The number of hydrogen-bond donors (Lipinski definition) is 0. The molecular weight excluding hydrogens is 218 g/mol. The second kappa shape index (κ2) is 5.26. The van der Waals surface area contributed by atoms with Crippen LogP contribution >= 0.6 is 0 Å². The van der Waals surface area contributed by atoms with Crippen LogP contribution in [0.1, 0.15) is 25.0 Å². The molecule has 1 heteroatoms. The summed E-state index contributed by atoms with van der Waals surface area (Å²) in [5.41, 5.74) is 5.22. The molecule has 0 aliphatic carbocycles. The molecule has 0 unspecified atom stereocenters. The van der Waals surface area contributed by atoms with Gasteiger partial charge in [0, 0.05) is 17.4 Å². The lowest BCUT2D eigenvalue weighted by atomic mass is 10.1. The van der Waals surface area contributed by atoms with Crippen LogP contribution in [0.5, 0.6) is 0 Å². The molecule has 0 saturated carbocycles. The summed E-state index contributed by atoms with van der Waals surface area (Å²) in [7, 11) is 0. The third kappa shape index (κ3) is 2.40. The van der Waals surface area contributed by atoms with Crippen molar-refractivity contribution in [1.29, 1.82) is 0 Å². The third-order valence-corrected chi connectivity index (χ3v) is 3.27. The van der Waals surface area contributed by atoms with Crippen LogP contribution in [0.4, 0.5) is 11.4 Å². The van der Waals surface area contributed by atoms with Crippen molar-refractivity contribution in [2.75, 3.05) is 4.90 Å². The van der Waals surface area contributed by atoms with Crippen molar-refractivity contribution in [3.8, 4) is 0 Å². The number of aryl methyl sites for hydroxylation is 2. The topological polar surface area (TPSA) is 3.24 Å². The summed E-state index contributed by atoms with van der Waals surface area (Å²) < 4.78 is 0. The van der Waals surface area contributed by atoms with E-state index in [1.54, 1.807) is 0 Å². The van der Waals surface area contributed by atoms with Gasteiger partial charge in [0.25, 0.3) is 0 Å². The minimum absolute atomic E-state index is 0.437. The standard InChI is InChI=1S/C17H21N/c1-13(2)18(16-11-7-5-9-14(16)3)17-12-8-6-10-15(17)4/h5-13H,1-4H3. The molecule has 0 heterocycles. The van der Waals surface area contributed by atoms with Crippen LogP contribution in [0.25, 0.3) is 0 Å². The molecule has 0 amide bonds. The Balaban J connectivity index is 2.55. The van der Waals surface area contributed by atoms with Gasteiger partial charge in [0.15, 0.2) is 0 Å². The SMILES string of the molecule is Cc1ccccc1N(c1ccccc1C)C(C)C. The van der Waals surface area contributed by atoms with Crippen molar-refractivity contribution in [1.82, 2.24) is 0 Å². The summed E-state index contributed by atoms with van der Waals surface area (Å²) in [6.45, 7) is 8.81. The van der Waals surface area contributed by atoms with Crippen LogP contribution in [0, 0.1) is 13.8 Å². The molecule has 0 spiro atoms. The van der Waals surface area contributed by atoms with E-state index in [9.17, 15) is 0 Å². The predicted molar refractivity (Wildman–Crippen MR) is 79.6 cm³/mol. The fourth-order valence-corrected chi connectivity index (χ4v) is 2.35. The van der Waals surface area contributed by atoms with E-state index in [1.807, 2.05) is 0 Å². The molecule has 0 radical (unpaired) electrons. The van der Waals surface area contributed by atoms with Crippen LogP contribution in [-0.4, -0.2) is 6.04 Å². The Labute approximate surface area is 110 Å². The van der Waals surface area contributed by atoms with Crippen molar-refractivity contribution in [3.05, 3.63) is 59.7 Å². The van der Waals surface area contributed by atoms with Gasteiger partial charge in [0.1, 0.15) is 0 Å². The summed E-state index contributed by atoms with van der Waals surface area (Å²) in [5, 5.41) is 0. The number of nitrogens with zero attached hydrogens (tertiary/aromatic N) is 1. The van der Waals surface area contributed by atoms with Crippen molar-refractivity contribution in [3.63, 3.8) is 0 Å². The van der Waals surface area contributed by atoms with E-state index >= 15 is 0 Å². The van der Waals surface area contributed by atoms with Gasteiger partial charge < -0.3 is 4.90 Å². The van der Waals surface area contributed by atoms with E-state index in [4.69, 9.17) is 0 Å². The highest BCUT2D eigenvalue weighted by atomic mass is 15.2. The quantitative estimate of drug-likeness (QED) is 0.740. The monoisotopic (exact) mass is 239 g/mol. The summed E-state index contributed by atoms with van der Waals surface area (Å²) in [4.78, 5) is 2.41. The van der Waals surface area contributed by atoms with E-state index in [0.29, 0.717) is 6.04 Å². The lowest BCUT2D eigenvalue weighted by Crippen LogP contribution is -2.26. The molecule has 0 fully saturated rings. The first kappa shape index (κ1) is 12.7. The van der Waals surface area contributed by atoms with Gasteiger partial charge in [-0.2, -0.15) is 0 Å². The van der Waals surface area contributed by atoms with Crippen molar-refractivity contribution in [2.24, 2.45) is 0 Å². The number of hydrogen-bond acceptors (Lipinski definition) is 1. The Morgan fingerprint density at radius 2 is 1.11 bits per heavy atom. The van der Waals surface area contributed by atoms with Gasteiger partial charge in [-0.15, -0.1) is 0 Å². The highest BCUT2D eigenvalue weighted by Crippen LogP contribution is 2.32. The zero-order valence-electron chi connectivity index (χ0n) is 11.6. The first-order valence-corrected chi connectivity index (χ1v) is 6.51. The maximum Gasteiger partial charge on any atom is 0.0442 e. The Hall–Kier alpha value is -1.76. The molecule has 0 aliphatic heterocycles. The lowest BCUT2D eigenvalue weighted by molar-refractivity contribution is 0.784. The number of benzene rings is 2. The first-order valence-electron chi connectivity index (χ1n) is 6.51. The minimum atomic E-state index is 0.437. The Kier molecular flexibility index (Phi) is 3.71. The molecule has 94 valence electrons. The average Bonchev–Trinajstić information content (AvgIpc) is 2.34. The zero-order valence-corrected chi connectivity index (χ0v) is 11.6. The molecule has 0 aromatic heterocycles. The molecule has 2 aromatic rings. The second-order valence-electron chi connectivity index (χ2n) is 5.04. The number of para-hydroxylation sites is 2. The fraction of sp³-hybridized carbons (Fsp3) is 0.294. The largest absolute Gasteiger partial charge is 0.338 e. The molecule has 1 nitrogen and oxygen atoms in total. The maximum absolute atomic E-state index is 2.41. The van der Waals surface area contributed by atoms with Crippen LogP contribution in [-0.2, 0) is 0 Å². The molecule has 0 aliphatic rings. The molecule has 0 N–H and O–H groups in total. The fourth-order valence-electron chi connectivity index (χ4n) is 2.35. The van der Waals surface area contributed by atoms with Gasteiger partial charge in [-0.25, -0.2) is 0 Å². The highest BCUT2D eigenvalue weighted by Gasteiger charge is 2.15. The van der Waals surface area contributed by atoms with Crippen molar-refractivity contribution >= 4 is 11.4 Å². The van der Waals surface area contributed by atoms with Gasteiger partial charge in [0.2, 0.25) is 0 Å². The number of anilines is 2. The summed E-state index contributed by atoms with van der Waals surface area (Å²) >= 11 is 0. The normalized spacial score (nSPS) is 10.7. The van der Waals surface area contributed by atoms with Crippen LogP contribution in [0.2, 0.25) is 0 Å². The summed E-state index contributed by atoms with van der Waals surface area (Å²) in [5.74, 6) is 0. The van der Waals surface area contributed by atoms with Crippen LogP contribution in [0.15, 0.2) is 48.5 Å². The van der Waals surface area contributed by atoms with Crippen LogP contribution < -0.4 is 4.90 Å². The highest BCUT2D eigenvalue weighted by molar-refractivity contribution is 5.69. The van der Waals surface area contributed by atoms with Gasteiger partial charge in [-0.05, 0) is 51.0 Å². The average molecular weight is 239 g/mol. The smallest absolute Gasteiger partial charge is 0.0442 e. The van der Waals surface area contributed by atoms with Gasteiger partial charge in [0.05, 0.1) is 0 Å². The van der Waals surface area contributed by atoms with Crippen LogP contribution in [0.3, 0.4) is 0 Å². The molecule has 2 aromatic carbocycles. The van der Waals surface area contributed by atoms with Crippen molar-refractivity contribution < 1.29 is 0 Å². The molecule has 0 saturated heterocycles.